The van der Waals surface area contributed by atoms with Crippen molar-refractivity contribution in [1.82, 2.24) is 0 Å². The Labute approximate surface area is 68.3 Å². The summed E-state index contributed by atoms with van der Waals surface area (Å²) in [6.45, 7) is 0. The van der Waals surface area contributed by atoms with Gasteiger partial charge in [0.05, 0.1) is 6.10 Å². The molecule has 0 saturated heterocycles. The van der Waals surface area contributed by atoms with Crippen LogP contribution in [-0.4, -0.2) is 24.5 Å². The SMILES string of the molecule is CN=CC1CCCCC[C@H]1O. The number of aliphatic hydroxyl groups excluding tert-OH is 1. The molecule has 1 fully saturated rings. The summed E-state index contributed by atoms with van der Waals surface area (Å²) in [6, 6.07) is 0. The number of aliphatic hydroxyl groups is 1. The zero-order valence-electron chi connectivity index (χ0n) is 7.16. The van der Waals surface area contributed by atoms with E-state index < -0.39 is 0 Å². The van der Waals surface area contributed by atoms with Gasteiger partial charge in [0.1, 0.15) is 0 Å². The van der Waals surface area contributed by atoms with Crippen LogP contribution in [0.25, 0.3) is 0 Å². The first-order valence-electron chi connectivity index (χ1n) is 4.45. The van der Waals surface area contributed by atoms with Crippen LogP contribution in [0.2, 0.25) is 0 Å². The molecule has 0 aromatic rings. The van der Waals surface area contributed by atoms with Gasteiger partial charge in [0, 0.05) is 19.2 Å². The van der Waals surface area contributed by atoms with Gasteiger partial charge >= 0.3 is 0 Å². The Hall–Kier alpha value is -0.370. The van der Waals surface area contributed by atoms with E-state index in [9.17, 15) is 5.11 Å². The van der Waals surface area contributed by atoms with Crippen molar-refractivity contribution >= 4 is 6.21 Å². The van der Waals surface area contributed by atoms with Crippen LogP contribution in [0.5, 0.6) is 0 Å². The van der Waals surface area contributed by atoms with Gasteiger partial charge in [0.25, 0.3) is 0 Å². The lowest BCUT2D eigenvalue weighted by Gasteiger charge is -2.14. The summed E-state index contributed by atoms with van der Waals surface area (Å²) in [5, 5.41) is 9.59. The van der Waals surface area contributed by atoms with E-state index in [1.807, 2.05) is 6.21 Å². The van der Waals surface area contributed by atoms with Crippen LogP contribution in [0, 0.1) is 5.92 Å². The quantitative estimate of drug-likeness (QED) is 0.453. The summed E-state index contributed by atoms with van der Waals surface area (Å²) in [5.41, 5.74) is 0. The van der Waals surface area contributed by atoms with E-state index >= 15 is 0 Å². The van der Waals surface area contributed by atoms with E-state index in [4.69, 9.17) is 0 Å². The highest BCUT2D eigenvalue weighted by Crippen LogP contribution is 2.21. The molecule has 0 bridgehead atoms. The Morgan fingerprint density at radius 3 is 2.73 bits per heavy atom. The highest BCUT2D eigenvalue weighted by molar-refractivity contribution is 5.61. The van der Waals surface area contributed by atoms with Gasteiger partial charge in [-0.25, -0.2) is 0 Å². The van der Waals surface area contributed by atoms with E-state index in [0.29, 0.717) is 5.92 Å². The second-order valence-corrected chi connectivity index (χ2v) is 3.28. The van der Waals surface area contributed by atoms with Crippen molar-refractivity contribution in [3.8, 4) is 0 Å². The summed E-state index contributed by atoms with van der Waals surface area (Å²) in [5.74, 6) is 0.322. The first-order valence-corrected chi connectivity index (χ1v) is 4.45. The maximum absolute atomic E-state index is 9.59. The van der Waals surface area contributed by atoms with Gasteiger partial charge in [-0.3, -0.25) is 0 Å². The first-order chi connectivity index (χ1) is 5.34. The third-order valence-corrected chi connectivity index (χ3v) is 2.37. The van der Waals surface area contributed by atoms with Crippen molar-refractivity contribution in [2.45, 2.75) is 38.2 Å². The van der Waals surface area contributed by atoms with Crippen LogP contribution in [0.15, 0.2) is 4.99 Å². The minimum atomic E-state index is -0.138. The monoisotopic (exact) mass is 155 g/mol. The molecule has 2 atom stereocenters. The second-order valence-electron chi connectivity index (χ2n) is 3.28. The minimum Gasteiger partial charge on any atom is -0.392 e. The third-order valence-electron chi connectivity index (χ3n) is 2.37. The van der Waals surface area contributed by atoms with E-state index in [1.165, 1.54) is 19.3 Å². The molecule has 0 aliphatic heterocycles. The number of nitrogens with zero attached hydrogens (tertiary/aromatic N) is 1. The average Bonchev–Trinajstić information content (AvgIpc) is 2.18. The van der Waals surface area contributed by atoms with Gasteiger partial charge in [-0.15, -0.1) is 0 Å². The molecule has 0 amide bonds. The van der Waals surface area contributed by atoms with Crippen molar-refractivity contribution in [2.75, 3.05) is 7.05 Å². The van der Waals surface area contributed by atoms with Crippen LogP contribution < -0.4 is 0 Å². The summed E-state index contributed by atoms with van der Waals surface area (Å²) in [4.78, 5) is 3.97. The van der Waals surface area contributed by atoms with Crippen LogP contribution in [0.3, 0.4) is 0 Å². The standard InChI is InChI=1S/C9H17NO/c1-10-7-8-5-3-2-4-6-9(8)11/h7-9,11H,2-6H2,1H3/t8?,9-/m1/s1. The van der Waals surface area contributed by atoms with Crippen molar-refractivity contribution < 1.29 is 5.11 Å². The molecule has 0 aromatic carbocycles. The molecule has 11 heavy (non-hydrogen) atoms. The fraction of sp³-hybridized carbons (Fsp3) is 0.889. The van der Waals surface area contributed by atoms with Crippen molar-refractivity contribution in [1.29, 1.82) is 0 Å². The van der Waals surface area contributed by atoms with Gasteiger partial charge in [-0.2, -0.15) is 0 Å². The second kappa shape index (κ2) is 4.50. The van der Waals surface area contributed by atoms with E-state index in [2.05, 4.69) is 4.99 Å². The van der Waals surface area contributed by atoms with E-state index in [1.54, 1.807) is 7.05 Å². The number of hydrogen-bond donors (Lipinski definition) is 1. The zero-order chi connectivity index (χ0) is 8.10. The highest BCUT2D eigenvalue weighted by atomic mass is 16.3. The molecular weight excluding hydrogens is 138 g/mol. The summed E-state index contributed by atoms with van der Waals surface area (Å²) in [7, 11) is 1.78. The lowest BCUT2D eigenvalue weighted by Crippen LogP contribution is -2.19. The molecule has 1 unspecified atom stereocenters. The normalized spacial score (nSPS) is 34.0. The topological polar surface area (TPSA) is 32.6 Å². The van der Waals surface area contributed by atoms with E-state index in [0.717, 1.165) is 12.8 Å². The van der Waals surface area contributed by atoms with Crippen LogP contribution in [0.4, 0.5) is 0 Å². The Balaban J connectivity index is 2.45. The molecule has 1 aliphatic rings. The molecule has 1 N–H and O–H groups in total. The predicted molar refractivity (Wildman–Crippen MR) is 47.0 cm³/mol. The molecule has 0 spiro atoms. The van der Waals surface area contributed by atoms with Crippen LogP contribution >= 0.6 is 0 Å². The first kappa shape index (κ1) is 8.72. The molecule has 2 heteroatoms. The number of rotatable bonds is 1. The maximum atomic E-state index is 9.59. The molecule has 64 valence electrons. The zero-order valence-corrected chi connectivity index (χ0v) is 7.16. The van der Waals surface area contributed by atoms with Gasteiger partial charge in [0.2, 0.25) is 0 Å². The van der Waals surface area contributed by atoms with Crippen molar-refractivity contribution in [2.24, 2.45) is 10.9 Å². The van der Waals surface area contributed by atoms with Crippen LogP contribution in [-0.2, 0) is 0 Å². The Morgan fingerprint density at radius 1 is 1.27 bits per heavy atom. The minimum absolute atomic E-state index is 0.138. The Kier molecular flexibility index (Phi) is 3.57. The molecule has 0 heterocycles. The molecule has 0 radical (unpaired) electrons. The Morgan fingerprint density at radius 2 is 2.00 bits per heavy atom. The number of aliphatic imine (C=N–C) groups is 1. The smallest absolute Gasteiger partial charge is 0.0617 e. The highest BCUT2D eigenvalue weighted by Gasteiger charge is 2.18. The molecular formula is C9H17NO. The molecule has 1 saturated carbocycles. The number of hydrogen-bond acceptors (Lipinski definition) is 2. The Bertz CT molecular complexity index is 134. The lowest BCUT2D eigenvalue weighted by molar-refractivity contribution is 0.133. The molecule has 1 aliphatic carbocycles. The van der Waals surface area contributed by atoms with Crippen molar-refractivity contribution in [3.63, 3.8) is 0 Å². The summed E-state index contributed by atoms with van der Waals surface area (Å²) in [6.07, 6.45) is 7.51. The predicted octanol–water partition coefficient (Wildman–Crippen LogP) is 1.63. The molecule has 0 aromatic heterocycles. The van der Waals surface area contributed by atoms with Gasteiger partial charge in [-0.1, -0.05) is 19.3 Å². The average molecular weight is 155 g/mol. The largest absolute Gasteiger partial charge is 0.392 e. The third kappa shape index (κ3) is 2.62. The van der Waals surface area contributed by atoms with Crippen molar-refractivity contribution in [3.05, 3.63) is 0 Å². The van der Waals surface area contributed by atoms with Crippen LogP contribution in [0.1, 0.15) is 32.1 Å². The fourth-order valence-electron chi connectivity index (χ4n) is 1.68. The fourth-order valence-corrected chi connectivity index (χ4v) is 1.68. The van der Waals surface area contributed by atoms with E-state index in [-0.39, 0.29) is 6.10 Å². The van der Waals surface area contributed by atoms with Gasteiger partial charge < -0.3 is 10.1 Å². The van der Waals surface area contributed by atoms with Gasteiger partial charge in [0.15, 0.2) is 0 Å². The summed E-state index contributed by atoms with van der Waals surface area (Å²) < 4.78 is 0. The van der Waals surface area contributed by atoms with Gasteiger partial charge in [-0.05, 0) is 12.8 Å². The summed E-state index contributed by atoms with van der Waals surface area (Å²) >= 11 is 0. The molecule has 2 nitrogen and oxygen atoms in total. The molecule has 1 rings (SSSR count). The lowest BCUT2D eigenvalue weighted by atomic mass is 9.99. The maximum Gasteiger partial charge on any atom is 0.0617 e.